The Morgan fingerprint density at radius 1 is 1.80 bits per heavy atom. The van der Waals surface area contributed by atoms with Gasteiger partial charge in [-0.15, -0.1) is 0 Å². The molecule has 0 aliphatic rings. The minimum absolute atomic E-state index is 0.110. The standard InChI is InChI=1S/C10H13NO4/c1-15-9-5-6(2-3-8(9)12)4-7(11)10(13)14/h2-3,5,7,12H,4,11H2,1H3,(H,13,14)/t7-/m0/s1/i7D/hD2. The second-order valence-electron chi connectivity index (χ2n) is 2.93. The predicted octanol–water partition coefficient (Wildman–Crippen LogP) is 0.355. The number of hydrogen-bond donors (Lipinski definition) is 3. The third-order valence-corrected chi connectivity index (χ3v) is 1.86. The molecule has 0 aliphatic carbocycles. The lowest BCUT2D eigenvalue weighted by atomic mass is 10.1. The van der Waals surface area contributed by atoms with Crippen LogP contribution >= 0.6 is 0 Å². The van der Waals surface area contributed by atoms with Crippen LogP contribution in [0.2, 0.25) is 2.82 Å². The van der Waals surface area contributed by atoms with Gasteiger partial charge in [-0.2, -0.15) is 0 Å². The number of carboxylic acid groups (broad SMARTS) is 1. The molecule has 15 heavy (non-hydrogen) atoms. The Hall–Kier alpha value is -1.75. The van der Waals surface area contributed by atoms with E-state index in [9.17, 15) is 9.90 Å². The molecular weight excluding hydrogens is 198 g/mol. The van der Waals surface area contributed by atoms with Crippen molar-refractivity contribution in [2.24, 2.45) is 5.72 Å². The van der Waals surface area contributed by atoms with Gasteiger partial charge < -0.3 is 20.7 Å². The Kier molecular flexibility index (Phi) is 2.34. The van der Waals surface area contributed by atoms with Gasteiger partial charge in [0.05, 0.1) is 8.48 Å². The molecule has 4 N–H and O–H groups in total. The fraction of sp³-hybridized carbons (Fsp3) is 0.300. The van der Waals surface area contributed by atoms with E-state index in [-0.39, 0.29) is 23.6 Å². The number of nitrogens with two attached hydrogens (primary N) is 1. The number of methoxy groups -OCH3 is 1. The summed E-state index contributed by atoms with van der Waals surface area (Å²) in [5.41, 5.74) is 0.195. The maximum atomic E-state index is 10.9. The van der Waals surface area contributed by atoms with Gasteiger partial charge in [-0.25, -0.2) is 0 Å². The summed E-state index contributed by atoms with van der Waals surface area (Å²) in [4.78, 5) is 10.9. The molecule has 1 aromatic carbocycles. The van der Waals surface area contributed by atoms with Gasteiger partial charge in [0.1, 0.15) is 8.84 Å². The summed E-state index contributed by atoms with van der Waals surface area (Å²) in [5.74, 6) is -1.57. The summed E-state index contributed by atoms with van der Waals surface area (Å²) in [6, 6.07) is 1.66. The normalized spacial score (nSPS) is 17.3. The number of carboxylic acids is 1. The van der Waals surface area contributed by atoms with Crippen LogP contribution in [0, 0.1) is 0 Å². The average molecular weight is 214 g/mol. The lowest BCUT2D eigenvalue weighted by Gasteiger charge is -2.08. The Balaban J connectivity index is 3.06. The number of aliphatic carboxylic acids is 1. The fourth-order valence-electron chi connectivity index (χ4n) is 1.10. The van der Waals surface area contributed by atoms with Crippen LogP contribution in [0.4, 0.5) is 0 Å². The Bertz CT molecular complexity index is 455. The quantitative estimate of drug-likeness (QED) is 0.658. The molecule has 0 saturated heterocycles. The Labute approximate surface area is 91.4 Å². The molecular formula is C10H13NO4. The first-order valence-corrected chi connectivity index (χ1v) is 4.18. The molecule has 82 valence electrons. The monoisotopic (exact) mass is 214 g/mol. The zero-order chi connectivity index (χ0) is 13.9. The van der Waals surface area contributed by atoms with Crippen molar-refractivity contribution in [3.05, 3.63) is 23.8 Å². The molecule has 0 heterocycles. The molecule has 5 nitrogen and oxygen atoms in total. The molecule has 0 aromatic heterocycles. The summed E-state index contributed by atoms with van der Waals surface area (Å²) < 4.78 is 26.5. The molecule has 1 aromatic rings. The van der Waals surface area contributed by atoms with E-state index in [2.05, 4.69) is 0 Å². The van der Waals surface area contributed by atoms with E-state index in [4.69, 9.17) is 14.0 Å². The fourth-order valence-corrected chi connectivity index (χ4v) is 1.10. The summed E-state index contributed by atoms with van der Waals surface area (Å²) >= 11 is 0. The van der Waals surface area contributed by atoms with Gasteiger partial charge in [-0.1, -0.05) is 6.07 Å². The van der Waals surface area contributed by atoms with E-state index in [0.29, 0.717) is 5.56 Å². The van der Waals surface area contributed by atoms with Crippen LogP contribution in [0.15, 0.2) is 18.2 Å². The number of benzene rings is 1. The van der Waals surface area contributed by atoms with Crippen LogP contribution in [0.1, 0.15) is 6.93 Å². The SMILES string of the molecule is [2H]N([2H])[C@@]([2H])(Cc1ccc(O)c(OC)c1)C(=O)O. The van der Waals surface area contributed by atoms with Crippen molar-refractivity contribution in [2.45, 2.75) is 12.4 Å². The van der Waals surface area contributed by atoms with Crippen molar-refractivity contribution in [1.29, 1.82) is 0 Å². The number of phenols is 1. The average Bonchev–Trinajstić information content (AvgIpc) is 2.30. The number of hydrogen-bond acceptors (Lipinski definition) is 4. The number of aromatic hydroxyl groups is 1. The first-order valence-electron chi connectivity index (χ1n) is 5.58. The van der Waals surface area contributed by atoms with Crippen molar-refractivity contribution in [3.8, 4) is 11.5 Å². The van der Waals surface area contributed by atoms with Gasteiger partial charge in [0.25, 0.3) is 0 Å². The van der Waals surface area contributed by atoms with Gasteiger partial charge in [-0.3, -0.25) is 4.79 Å². The topological polar surface area (TPSA) is 92.8 Å². The Morgan fingerprint density at radius 2 is 2.53 bits per heavy atom. The highest BCUT2D eigenvalue weighted by Crippen LogP contribution is 2.26. The minimum atomic E-state index is -2.41. The van der Waals surface area contributed by atoms with Crippen molar-refractivity contribution in [1.82, 2.24) is 0 Å². The molecule has 0 unspecified atom stereocenters. The van der Waals surface area contributed by atoms with Gasteiger partial charge in [0.15, 0.2) is 11.5 Å². The molecule has 0 amide bonds. The number of carbonyl (C=O) groups is 1. The van der Waals surface area contributed by atoms with E-state index >= 15 is 0 Å². The lowest BCUT2D eigenvalue weighted by molar-refractivity contribution is -0.138. The highest BCUT2D eigenvalue weighted by atomic mass is 16.5. The summed E-state index contributed by atoms with van der Waals surface area (Å²) in [6.45, 7) is 0. The molecule has 0 spiro atoms. The smallest absolute Gasteiger partial charge is 0.320 e. The number of phenolic OH excluding ortho intramolecular Hbond substituents is 1. The zero-order valence-corrected chi connectivity index (χ0v) is 8.10. The van der Waals surface area contributed by atoms with Gasteiger partial charge in [0, 0.05) is 0 Å². The van der Waals surface area contributed by atoms with Crippen LogP contribution in [0.25, 0.3) is 0 Å². The van der Waals surface area contributed by atoms with Crippen LogP contribution < -0.4 is 10.5 Å². The largest absolute Gasteiger partial charge is 0.504 e. The lowest BCUT2D eigenvalue weighted by Crippen LogP contribution is -2.32. The molecule has 0 radical (unpaired) electrons. The van der Waals surface area contributed by atoms with Crippen molar-refractivity contribution in [3.63, 3.8) is 0 Å². The van der Waals surface area contributed by atoms with Crippen molar-refractivity contribution >= 4 is 5.97 Å². The van der Waals surface area contributed by atoms with Gasteiger partial charge in [-0.05, 0) is 24.1 Å². The predicted molar refractivity (Wildman–Crippen MR) is 54.0 cm³/mol. The first-order chi connectivity index (χ1) is 8.31. The highest BCUT2D eigenvalue weighted by Gasteiger charge is 2.13. The second-order valence-corrected chi connectivity index (χ2v) is 2.93. The first kappa shape index (κ1) is 7.53. The van der Waals surface area contributed by atoms with Crippen molar-refractivity contribution in [2.75, 3.05) is 7.11 Å². The van der Waals surface area contributed by atoms with Gasteiger partial charge >= 0.3 is 5.97 Å². The minimum Gasteiger partial charge on any atom is -0.504 e. The summed E-state index contributed by atoms with van der Waals surface area (Å²) in [6.07, 6.45) is -0.383. The zero-order valence-electron chi connectivity index (χ0n) is 11.1. The summed E-state index contributed by atoms with van der Waals surface area (Å²) in [7, 11) is 1.34. The molecule has 1 rings (SSSR count). The van der Waals surface area contributed by atoms with Crippen LogP contribution in [0.3, 0.4) is 0 Å². The maximum absolute atomic E-state index is 10.9. The van der Waals surface area contributed by atoms with E-state index in [1.54, 1.807) is 0 Å². The van der Waals surface area contributed by atoms with Gasteiger partial charge in [0.2, 0.25) is 0 Å². The summed E-state index contributed by atoms with van der Waals surface area (Å²) in [5, 5.41) is 18.3. The van der Waals surface area contributed by atoms with E-state index < -0.39 is 12.0 Å². The van der Waals surface area contributed by atoms with E-state index in [1.165, 1.54) is 25.3 Å². The maximum Gasteiger partial charge on any atom is 0.320 e. The van der Waals surface area contributed by atoms with E-state index in [0.717, 1.165) is 0 Å². The van der Waals surface area contributed by atoms with Crippen LogP contribution in [0.5, 0.6) is 11.5 Å². The van der Waals surface area contributed by atoms with Crippen molar-refractivity contribution < 1.29 is 23.9 Å². The molecule has 0 fully saturated rings. The molecule has 0 aliphatic heterocycles. The molecule has 0 bridgehead atoms. The third kappa shape index (κ3) is 2.85. The molecule has 1 atom stereocenters. The van der Waals surface area contributed by atoms with E-state index in [1.807, 2.05) is 0 Å². The highest BCUT2D eigenvalue weighted by molar-refractivity contribution is 5.73. The van der Waals surface area contributed by atoms with Crippen LogP contribution in [-0.4, -0.2) is 29.3 Å². The third-order valence-electron chi connectivity index (χ3n) is 1.86. The second kappa shape index (κ2) is 4.65. The molecule has 0 saturated carbocycles. The van der Waals surface area contributed by atoms with Crippen LogP contribution in [-0.2, 0) is 11.2 Å². The molecule has 5 heteroatoms. The number of ether oxygens (including phenoxy) is 1. The Morgan fingerprint density at radius 3 is 3.07 bits per heavy atom. The number of rotatable bonds is 5.